The van der Waals surface area contributed by atoms with Crippen LogP contribution in [0.15, 0.2) is 301 Å². The van der Waals surface area contributed by atoms with Gasteiger partial charge in [-0.25, -0.2) is 0 Å². The van der Waals surface area contributed by atoms with E-state index in [4.69, 9.17) is 0 Å². The van der Waals surface area contributed by atoms with Crippen LogP contribution in [0.5, 0.6) is 0 Å². The molecule has 0 aliphatic carbocycles. The second kappa shape index (κ2) is 19.8. The summed E-state index contributed by atoms with van der Waals surface area (Å²) in [4.78, 5) is 13.2. The summed E-state index contributed by atoms with van der Waals surface area (Å²) in [7, 11) is 0. The first-order valence-electron chi connectivity index (χ1n) is 28.2. The highest BCUT2D eigenvalue weighted by Gasteiger charge is 2.49. The van der Waals surface area contributed by atoms with E-state index >= 15 is 13.2 Å². The Hall–Kier alpha value is -10.1. The van der Waals surface area contributed by atoms with Crippen LogP contribution in [0.4, 0.5) is 98.5 Å². The number of alkyl halides is 3. The summed E-state index contributed by atoms with van der Waals surface area (Å²) in [6, 6.07) is 99.3. The van der Waals surface area contributed by atoms with E-state index in [9.17, 15) is 0 Å². The van der Waals surface area contributed by atoms with Gasteiger partial charge < -0.3 is 24.5 Å². The van der Waals surface area contributed by atoms with Gasteiger partial charge in [0.05, 0.1) is 16.9 Å². The largest absolute Gasteiger partial charge is 0.418 e. The molecular weight excluding hydrogens is 1060 g/mol. The van der Waals surface area contributed by atoms with Crippen molar-refractivity contribution in [1.29, 1.82) is 0 Å². The molecule has 0 spiro atoms. The second-order valence-corrected chi connectivity index (χ2v) is 22.6. The second-order valence-electron chi connectivity index (χ2n) is 21.5. The molecule has 4 heterocycles. The molecule has 0 unspecified atom stereocenters. The number of anilines is 15. The summed E-state index contributed by atoms with van der Waals surface area (Å²) < 4.78 is 48.3. The van der Waals surface area contributed by atoms with E-state index in [1.54, 1.807) is 23.9 Å². The van der Waals surface area contributed by atoms with E-state index in [1.807, 2.05) is 71.6 Å². The maximum atomic E-state index is 16.1. The van der Waals surface area contributed by atoms with Crippen LogP contribution >= 0.6 is 11.8 Å². The molecule has 0 amide bonds. The molecule has 0 bridgehead atoms. The first-order valence-corrected chi connectivity index (χ1v) is 29.0. The molecule has 398 valence electrons. The van der Waals surface area contributed by atoms with E-state index in [1.165, 1.54) is 17.6 Å². The minimum atomic E-state index is -4.69. The van der Waals surface area contributed by atoms with Crippen LogP contribution in [-0.4, -0.2) is 13.4 Å². The number of para-hydroxylation sites is 9. The molecule has 12 aromatic rings. The molecule has 0 radical (unpaired) electrons. The number of benzene rings is 12. The van der Waals surface area contributed by atoms with Crippen LogP contribution in [0.25, 0.3) is 0 Å². The number of rotatable bonds is 9. The predicted octanol–water partition coefficient (Wildman–Crippen LogP) is 16.5. The lowest BCUT2D eigenvalue weighted by atomic mass is 9.31. The summed E-state index contributed by atoms with van der Waals surface area (Å²) >= 11 is 1.70. The van der Waals surface area contributed by atoms with Crippen molar-refractivity contribution in [3.8, 4) is 0 Å². The van der Waals surface area contributed by atoms with E-state index in [0.29, 0.717) is 11.4 Å². The zero-order valence-electron chi connectivity index (χ0n) is 45.1. The average molecular weight is 1110 g/mol. The van der Waals surface area contributed by atoms with Gasteiger partial charge in [-0.3, -0.25) is 0 Å². The highest BCUT2D eigenvalue weighted by Crippen LogP contribution is 2.52. The van der Waals surface area contributed by atoms with Crippen molar-refractivity contribution in [2.24, 2.45) is 0 Å². The van der Waals surface area contributed by atoms with Gasteiger partial charge in [0.25, 0.3) is 6.71 Å². The normalized spacial score (nSPS) is 13.2. The fraction of sp³-hybridized carbons (Fsp3) is 0.0137. The quantitative estimate of drug-likeness (QED) is 0.133. The van der Waals surface area contributed by atoms with Crippen LogP contribution in [0.2, 0.25) is 0 Å². The van der Waals surface area contributed by atoms with E-state index in [0.717, 1.165) is 105 Å². The average Bonchev–Trinajstić information content (AvgIpc) is 1.01. The Bertz CT molecular complexity index is 4420. The maximum Gasteiger partial charge on any atom is 0.418 e. The van der Waals surface area contributed by atoms with Crippen LogP contribution in [0.1, 0.15) is 5.56 Å². The SMILES string of the molecule is FC(F)(F)c1ccccc1N1c2cc3c(cc2B2c4ccccc4N(c4ccccc4)c4cc(N(c5ccccc5)c5ccccc5)cc1c42)B1c2ccccc2N(c2ccccc2)c2cc(N(c4ccccc4)c4ccccc4)cc(c21)S3. The summed E-state index contributed by atoms with van der Waals surface area (Å²) in [5, 5.41) is 0. The monoisotopic (exact) mass is 1110 g/mol. The number of hydrogen-bond donors (Lipinski definition) is 0. The topological polar surface area (TPSA) is 16.2 Å². The summed E-state index contributed by atoms with van der Waals surface area (Å²) in [5.41, 5.74) is 18.6. The fourth-order valence-corrected chi connectivity index (χ4v) is 14.7. The molecule has 0 atom stereocenters. The molecule has 0 N–H and O–H groups in total. The van der Waals surface area contributed by atoms with Gasteiger partial charge in [-0.15, -0.1) is 0 Å². The Morgan fingerprint density at radius 1 is 0.286 bits per heavy atom. The molecular formula is C73H48B2F3N5S. The van der Waals surface area contributed by atoms with Crippen LogP contribution in [-0.2, 0) is 6.18 Å². The van der Waals surface area contributed by atoms with E-state index in [2.05, 4.69) is 220 Å². The van der Waals surface area contributed by atoms with Crippen molar-refractivity contribution < 1.29 is 13.2 Å². The molecule has 0 fully saturated rings. The van der Waals surface area contributed by atoms with Crippen molar-refractivity contribution >= 4 is 143 Å². The van der Waals surface area contributed by atoms with Crippen LogP contribution in [0.3, 0.4) is 0 Å². The lowest BCUT2D eigenvalue weighted by Gasteiger charge is -2.46. The minimum absolute atomic E-state index is 0.0498. The Morgan fingerprint density at radius 2 is 0.667 bits per heavy atom. The summed E-state index contributed by atoms with van der Waals surface area (Å²) in [5.74, 6) is 0. The third kappa shape index (κ3) is 7.98. The molecule has 12 aromatic carbocycles. The van der Waals surface area contributed by atoms with E-state index < -0.39 is 18.5 Å². The van der Waals surface area contributed by atoms with Gasteiger partial charge in [-0.1, -0.05) is 181 Å². The van der Waals surface area contributed by atoms with E-state index in [-0.39, 0.29) is 12.4 Å². The van der Waals surface area contributed by atoms with Gasteiger partial charge in [0, 0.05) is 83.7 Å². The smallest absolute Gasteiger partial charge is 0.311 e. The molecule has 5 nitrogen and oxygen atoms in total. The first-order chi connectivity index (χ1) is 41.4. The lowest BCUT2D eigenvalue weighted by molar-refractivity contribution is -0.137. The predicted molar refractivity (Wildman–Crippen MR) is 345 cm³/mol. The molecule has 0 saturated carbocycles. The number of halogens is 3. The number of hydrogen-bond acceptors (Lipinski definition) is 6. The molecule has 4 aliphatic rings. The lowest BCUT2D eigenvalue weighted by Crippen LogP contribution is -2.64. The van der Waals surface area contributed by atoms with Crippen LogP contribution in [0, 0.1) is 0 Å². The van der Waals surface area contributed by atoms with Gasteiger partial charge >= 0.3 is 6.18 Å². The van der Waals surface area contributed by atoms with Crippen LogP contribution < -0.4 is 57.3 Å². The van der Waals surface area contributed by atoms with Crippen molar-refractivity contribution in [2.45, 2.75) is 16.0 Å². The van der Waals surface area contributed by atoms with Crippen molar-refractivity contribution in [3.05, 3.63) is 297 Å². The molecule has 84 heavy (non-hydrogen) atoms. The highest BCUT2D eigenvalue weighted by molar-refractivity contribution is 8.00. The zero-order valence-corrected chi connectivity index (χ0v) is 46.0. The zero-order chi connectivity index (χ0) is 56.0. The minimum Gasteiger partial charge on any atom is -0.311 e. The molecule has 11 heteroatoms. The van der Waals surface area contributed by atoms with Gasteiger partial charge in [-0.2, -0.15) is 13.2 Å². The third-order valence-electron chi connectivity index (χ3n) is 16.8. The summed E-state index contributed by atoms with van der Waals surface area (Å²) in [6.07, 6.45) is -4.69. The number of nitrogens with zero attached hydrogens (tertiary/aromatic N) is 5. The Balaban J connectivity index is 1.00. The fourth-order valence-electron chi connectivity index (χ4n) is 13.4. The van der Waals surface area contributed by atoms with Gasteiger partial charge in [-0.05, 0) is 155 Å². The van der Waals surface area contributed by atoms with Crippen molar-refractivity contribution in [3.63, 3.8) is 0 Å². The molecule has 0 aromatic heterocycles. The van der Waals surface area contributed by atoms with Gasteiger partial charge in [0.1, 0.15) is 0 Å². The highest BCUT2D eigenvalue weighted by atomic mass is 32.2. The number of fused-ring (bicyclic) bond motifs is 8. The Labute approximate surface area is 490 Å². The standard InChI is InChI=1S/C73H48B2F3N5S/c76-73(77,78)57-37-19-22-40-62(57)83-65-48-69-61(75-59-39-21-24-42-64(59)82(54-35-17-6-18-36-54)68-45-56(46-70(84-69)72(68)75)80(51-29-11-3-12-30-51)52-31-13-4-14-32-52)47-60(65)74-58-38-20-23-41-63(58)81(53-33-15-5-16-34-53)66-43-55(44-67(83)71(66)74)79(49-25-7-1-8-26-49)50-27-9-2-10-28-50/h1-48H. The Morgan fingerprint density at radius 3 is 1.14 bits per heavy atom. The van der Waals surface area contributed by atoms with Crippen molar-refractivity contribution in [1.82, 2.24) is 0 Å². The Kier molecular flexibility index (Phi) is 11.7. The molecule has 4 aliphatic heterocycles. The maximum absolute atomic E-state index is 16.1. The molecule has 0 saturated heterocycles. The third-order valence-corrected chi connectivity index (χ3v) is 17.9. The van der Waals surface area contributed by atoms with Gasteiger partial charge in [0.2, 0.25) is 6.71 Å². The van der Waals surface area contributed by atoms with Crippen molar-refractivity contribution in [2.75, 3.05) is 24.5 Å². The summed E-state index contributed by atoms with van der Waals surface area (Å²) in [6.45, 7) is -0.636. The molecule has 16 rings (SSSR count). The van der Waals surface area contributed by atoms with Gasteiger partial charge in [0.15, 0.2) is 0 Å². The first kappa shape index (κ1) is 49.7.